The molecule has 0 atom stereocenters. The minimum atomic E-state index is -1.05. The van der Waals surface area contributed by atoms with Crippen LogP contribution in [0.1, 0.15) is 80.6 Å². The molecular weight excluding hydrogens is 288 g/mol. The van der Waals surface area contributed by atoms with Crippen molar-refractivity contribution in [2.75, 3.05) is 0 Å². The number of aromatic hydroxyl groups is 1. The van der Waals surface area contributed by atoms with Crippen LogP contribution in [0.15, 0.2) is 30.4 Å². The van der Waals surface area contributed by atoms with Crippen molar-refractivity contribution in [2.24, 2.45) is 0 Å². The van der Waals surface area contributed by atoms with Crippen LogP contribution in [0.2, 0.25) is 0 Å². The first-order chi connectivity index (χ1) is 11.2. The number of carboxylic acids is 1. The number of aromatic carboxylic acids is 1. The predicted molar refractivity (Wildman–Crippen MR) is 95.1 cm³/mol. The smallest absolute Gasteiger partial charge is 0.339 e. The third-order valence-electron chi connectivity index (χ3n) is 4.05. The quantitative estimate of drug-likeness (QED) is 0.383. The Labute approximate surface area is 140 Å². The third kappa shape index (κ3) is 7.87. The molecule has 0 aromatic heterocycles. The molecule has 1 rings (SSSR count). The topological polar surface area (TPSA) is 57.5 Å². The summed E-state index contributed by atoms with van der Waals surface area (Å²) in [4.78, 5) is 11.2. The van der Waals surface area contributed by atoms with Gasteiger partial charge in [0.2, 0.25) is 0 Å². The summed E-state index contributed by atoms with van der Waals surface area (Å²) in [5.41, 5.74) is 0.793. The van der Waals surface area contributed by atoms with E-state index in [4.69, 9.17) is 5.11 Å². The number of carboxylic acid groups (broad SMARTS) is 1. The number of hydrogen-bond donors (Lipinski definition) is 2. The SMILES string of the molecule is CCCCC=CCCCCCCCc1cccc(O)c1C(=O)O. The second-order valence-corrected chi connectivity index (χ2v) is 6.04. The largest absolute Gasteiger partial charge is 0.507 e. The van der Waals surface area contributed by atoms with E-state index in [-0.39, 0.29) is 11.3 Å². The molecule has 0 aliphatic heterocycles. The zero-order valence-electron chi connectivity index (χ0n) is 14.3. The Bertz CT molecular complexity index is 492. The lowest BCUT2D eigenvalue weighted by atomic mass is 9.99. The summed E-state index contributed by atoms with van der Waals surface area (Å²) in [6.07, 6.45) is 15.9. The lowest BCUT2D eigenvalue weighted by Crippen LogP contribution is -2.03. The van der Waals surface area contributed by atoms with E-state index < -0.39 is 5.97 Å². The highest BCUT2D eigenvalue weighted by Crippen LogP contribution is 2.23. The second kappa shape index (κ2) is 11.8. The molecule has 3 nitrogen and oxygen atoms in total. The van der Waals surface area contributed by atoms with Gasteiger partial charge in [-0.2, -0.15) is 0 Å². The lowest BCUT2D eigenvalue weighted by molar-refractivity contribution is 0.0692. The van der Waals surface area contributed by atoms with Crippen LogP contribution in [0.25, 0.3) is 0 Å². The molecule has 0 amide bonds. The van der Waals surface area contributed by atoms with E-state index in [1.807, 2.05) is 0 Å². The van der Waals surface area contributed by atoms with Crippen LogP contribution < -0.4 is 0 Å². The molecule has 0 saturated carbocycles. The summed E-state index contributed by atoms with van der Waals surface area (Å²) < 4.78 is 0. The Morgan fingerprint density at radius 3 is 2.35 bits per heavy atom. The van der Waals surface area contributed by atoms with Crippen LogP contribution in [0.3, 0.4) is 0 Å². The highest BCUT2D eigenvalue weighted by molar-refractivity contribution is 5.92. The number of aryl methyl sites for hydroxylation is 1. The molecule has 0 aliphatic rings. The van der Waals surface area contributed by atoms with Crippen LogP contribution >= 0.6 is 0 Å². The lowest BCUT2D eigenvalue weighted by Gasteiger charge is -2.07. The van der Waals surface area contributed by atoms with E-state index >= 15 is 0 Å². The van der Waals surface area contributed by atoms with Crippen molar-refractivity contribution in [1.29, 1.82) is 0 Å². The minimum absolute atomic E-state index is 0.0599. The summed E-state index contributed by atoms with van der Waals surface area (Å²) in [5.74, 6) is -1.18. The van der Waals surface area contributed by atoms with E-state index in [2.05, 4.69) is 19.1 Å². The second-order valence-electron chi connectivity index (χ2n) is 6.04. The maximum atomic E-state index is 11.2. The molecule has 23 heavy (non-hydrogen) atoms. The van der Waals surface area contributed by atoms with Gasteiger partial charge in [0, 0.05) is 0 Å². The fraction of sp³-hybridized carbons (Fsp3) is 0.550. The van der Waals surface area contributed by atoms with Crippen LogP contribution in [0.5, 0.6) is 5.75 Å². The Kier molecular flexibility index (Phi) is 9.85. The maximum absolute atomic E-state index is 11.2. The first-order valence-corrected chi connectivity index (χ1v) is 8.86. The third-order valence-corrected chi connectivity index (χ3v) is 4.05. The number of rotatable bonds is 12. The fourth-order valence-electron chi connectivity index (χ4n) is 2.71. The first-order valence-electron chi connectivity index (χ1n) is 8.86. The summed E-state index contributed by atoms with van der Waals surface area (Å²) in [6, 6.07) is 4.94. The van der Waals surface area contributed by atoms with Crippen molar-refractivity contribution in [3.8, 4) is 5.75 Å². The van der Waals surface area contributed by atoms with Crippen LogP contribution in [-0.2, 0) is 6.42 Å². The van der Waals surface area contributed by atoms with Crippen molar-refractivity contribution in [1.82, 2.24) is 0 Å². The molecule has 1 aromatic carbocycles. The molecule has 0 fully saturated rings. The fourth-order valence-corrected chi connectivity index (χ4v) is 2.71. The number of benzene rings is 1. The van der Waals surface area contributed by atoms with Crippen LogP contribution in [0.4, 0.5) is 0 Å². The first kappa shape index (κ1) is 19.3. The van der Waals surface area contributed by atoms with Gasteiger partial charge < -0.3 is 10.2 Å². The van der Waals surface area contributed by atoms with Gasteiger partial charge in [-0.05, 0) is 43.7 Å². The Hall–Kier alpha value is -1.77. The molecule has 1 aromatic rings. The molecule has 2 N–H and O–H groups in total. The molecule has 0 radical (unpaired) electrons. The van der Waals surface area contributed by atoms with E-state index in [0.717, 1.165) is 18.4 Å². The molecular formula is C20H30O3. The zero-order chi connectivity index (χ0) is 16.9. The van der Waals surface area contributed by atoms with Crippen molar-refractivity contribution in [3.63, 3.8) is 0 Å². The summed E-state index contributed by atoms with van der Waals surface area (Å²) >= 11 is 0. The van der Waals surface area contributed by atoms with Gasteiger partial charge in [-0.1, -0.05) is 63.3 Å². The van der Waals surface area contributed by atoms with Crippen molar-refractivity contribution < 1.29 is 15.0 Å². The van der Waals surface area contributed by atoms with Gasteiger partial charge >= 0.3 is 5.97 Å². The molecule has 128 valence electrons. The minimum Gasteiger partial charge on any atom is -0.507 e. The molecule has 0 saturated heterocycles. The van der Waals surface area contributed by atoms with Crippen molar-refractivity contribution >= 4 is 5.97 Å². The average molecular weight is 318 g/mol. The number of phenols is 1. The van der Waals surface area contributed by atoms with E-state index in [9.17, 15) is 9.90 Å². The molecule has 0 heterocycles. The van der Waals surface area contributed by atoms with Gasteiger partial charge in [-0.25, -0.2) is 4.79 Å². The van der Waals surface area contributed by atoms with Crippen molar-refractivity contribution in [2.45, 2.75) is 71.1 Å². The summed E-state index contributed by atoms with van der Waals surface area (Å²) in [7, 11) is 0. The number of carbonyl (C=O) groups is 1. The van der Waals surface area contributed by atoms with Gasteiger partial charge in [-0.15, -0.1) is 0 Å². The Morgan fingerprint density at radius 1 is 1.00 bits per heavy atom. The Morgan fingerprint density at radius 2 is 1.65 bits per heavy atom. The molecule has 0 spiro atoms. The van der Waals surface area contributed by atoms with Gasteiger partial charge in [0.1, 0.15) is 11.3 Å². The maximum Gasteiger partial charge on any atom is 0.339 e. The average Bonchev–Trinajstić information content (AvgIpc) is 2.52. The number of allylic oxidation sites excluding steroid dienone is 2. The summed E-state index contributed by atoms with van der Waals surface area (Å²) in [6.45, 7) is 2.21. The zero-order valence-corrected chi connectivity index (χ0v) is 14.3. The number of hydrogen-bond acceptors (Lipinski definition) is 2. The highest BCUT2D eigenvalue weighted by atomic mass is 16.4. The van der Waals surface area contributed by atoms with E-state index in [1.54, 1.807) is 12.1 Å². The summed E-state index contributed by atoms with van der Waals surface area (Å²) in [5, 5.41) is 18.8. The van der Waals surface area contributed by atoms with Crippen LogP contribution in [-0.4, -0.2) is 16.2 Å². The van der Waals surface area contributed by atoms with Gasteiger partial charge in [0.05, 0.1) is 0 Å². The predicted octanol–water partition coefficient (Wildman–Crippen LogP) is 5.72. The van der Waals surface area contributed by atoms with Crippen LogP contribution in [0, 0.1) is 0 Å². The van der Waals surface area contributed by atoms with E-state index in [1.165, 1.54) is 51.0 Å². The van der Waals surface area contributed by atoms with Crippen molar-refractivity contribution in [3.05, 3.63) is 41.5 Å². The molecule has 0 aliphatic carbocycles. The number of unbranched alkanes of at least 4 members (excludes halogenated alkanes) is 7. The molecule has 0 bridgehead atoms. The van der Waals surface area contributed by atoms with Gasteiger partial charge in [-0.3, -0.25) is 0 Å². The molecule has 3 heteroatoms. The highest BCUT2D eigenvalue weighted by Gasteiger charge is 2.14. The van der Waals surface area contributed by atoms with Gasteiger partial charge in [0.15, 0.2) is 0 Å². The standard InChI is InChI=1S/C20H30O3/c1-2-3-4-5-6-7-8-9-10-11-12-14-17-15-13-16-18(21)19(17)20(22)23/h5-6,13,15-16,21H,2-4,7-12,14H2,1H3,(H,22,23). The molecule has 0 unspecified atom stereocenters. The van der Waals surface area contributed by atoms with E-state index in [0.29, 0.717) is 6.42 Å². The Balaban J connectivity index is 2.15. The van der Waals surface area contributed by atoms with Gasteiger partial charge in [0.25, 0.3) is 0 Å². The normalized spacial score (nSPS) is 11.2. The monoisotopic (exact) mass is 318 g/mol.